The molecule has 2 rings (SSSR count). The molecule has 0 aromatic heterocycles. The molecule has 5 atom stereocenters. The van der Waals surface area contributed by atoms with Gasteiger partial charge in [0, 0.05) is 6.54 Å². The van der Waals surface area contributed by atoms with Crippen molar-refractivity contribution in [3.63, 3.8) is 0 Å². The molecule has 6 nitrogen and oxygen atoms in total. The summed E-state index contributed by atoms with van der Waals surface area (Å²) in [4.78, 5) is 13.4. The number of aliphatic hydroxyl groups is 2. The van der Waals surface area contributed by atoms with Crippen LogP contribution >= 0.6 is 6.89 Å². The Balaban J connectivity index is 2.04. The summed E-state index contributed by atoms with van der Waals surface area (Å²) in [5.74, 6) is 0.0987. The van der Waals surface area contributed by atoms with Gasteiger partial charge >= 0.3 is 0 Å². The van der Waals surface area contributed by atoms with Crippen LogP contribution in [0.2, 0.25) is 0 Å². The SMILES string of the molecule is C=C1NC(=O)C(C)CN1C1OC(CCP(=C)(C)C)[C@@H](O)[C@H]1O. The smallest absolute Gasteiger partial charge is 0.230 e. The Morgan fingerprint density at radius 1 is 1.41 bits per heavy atom. The van der Waals surface area contributed by atoms with Gasteiger partial charge in [0.2, 0.25) is 5.91 Å². The van der Waals surface area contributed by atoms with Crippen molar-refractivity contribution in [3.05, 3.63) is 12.4 Å². The number of nitrogens with zero attached hydrogens (tertiary/aromatic N) is 1. The van der Waals surface area contributed by atoms with Crippen molar-refractivity contribution in [1.29, 1.82) is 0 Å². The summed E-state index contributed by atoms with van der Waals surface area (Å²) in [6.07, 6.45) is 2.67. The number of hydrogen-bond acceptors (Lipinski definition) is 5. The highest BCUT2D eigenvalue weighted by atomic mass is 31.2. The third kappa shape index (κ3) is 3.74. The van der Waals surface area contributed by atoms with Crippen LogP contribution in [0.4, 0.5) is 0 Å². The van der Waals surface area contributed by atoms with Crippen LogP contribution in [0.15, 0.2) is 12.4 Å². The summed E-state index contributed by atoms with van der Waals surface area (Å²) in [6.45, 7) is 9.09. The maximum atomic E-state index is 11.6. The zero-order valence-corrected chi connectivity index (χ0v) is 14.4. The van der Waals surface area contributed by atoms with Crippen molar-refractivity contribution in [2.75, 3.05) is 26.0 Å². The molecule has 2 aliphatic rings. The first kappa shape index (κ1) is 17.5. The first-order valence-corrected chi connectivity index (χ1v) is 10.6. The quantitative estimate of drug-likeness (QED) is 0.636. The van der Waals surface area contributed by atoms with Crippen LogP contribution in [0.25, 0.3) is 0 Å². The number of ether oxygens (including phenoxy) is 1. The first-order chi connectivity index (χ1) is 10.1. The van der Waals surface area contributed by atoms with Crippen LogP contribution in [0.3, 0.4) is 0 Å². The summed E-state index contributed by atoms with van der Waals surface area (Å²) >= 11 is 0. The average Bonchev–Trinajstić information content (AvgIpc) is 2.68. The van der Waals surface area contributed by atoms with E-state index < -0.39 is 31.4 Å². The lowest BCUT2D eigenvalue weighted by molar-refractivity contribution is -0.133. The van der Waals surface area contributed by atoms with Gasteiger partial charge in [-0.3, -0.25) is 4.79 Å². The summed E-state index contributed by atoms with van der Waals surface area (Å²) in [5, 5.41) is 23.2. The van der Waals surface area contributed by atoms with Crippen LogP contribution < -0.4 is 5.32 Å². The lowest BCUT2D eigenvalue weighted by Gasteiger charge is -2.39. The van der Waals surface area contributed by atoms with Gasteiger partial charge in [0.1, 0.15) is 18.0 Å². The van der Waals surface area contributed by atoms with E-state index in [1.54, 1.807) is 11.8 Å². The molecule has 1 amide bonds. The molecule has 3 N–H and O–H groups in total. The van der Waals surface area contributed by atoms with Gasteiger partial charge in [-0.1, -0.05) is 13.5 Å². The largest absolute Gasteiger partial charge is 0.388 e. The van der Waals surface area contributed by atoms with Crippen molar-refractivity contribution in [2.24, 2.45) is 5.92 Å². The van der Waals surface area contributed by atoms with Crippen LogP contribution in [-0.4, -0.2) is 77.9 Å². The maximum Gasteiger partial charge on any atom is 0.230 e. The number of carbonyl (C=O) groups is 1. The fraction of sp³-hybridized carbons (Fsp3) is 0.733. The van der Waals surface area contributed by atoms with Crippen molar-refractivity contribution < 1.29 is 19.7 Å². The third-order valence-electron chi connectivity index (χ3n) is 4.20. The predicted molar refractivity (Wildman–Crippen MR) is 89.2 cm³/mol. The van der Waals surface area contributed by atoms with E-state index in [9.17, 15) is 15.0 Å². The Morgan fingerprint density at radius 3 is 2.64 bits per heavy atom. The monoisotopic (exact) mass is 330 g/mol. The molecule has 0 saturated carbocycles. The highest BCUT2D eigenvalue weighted by molar-refractivity contribution is 7.72. The highest BCUT2D eigenvalue weighted by Gasteiger charge is 2.47. The molecule has 7 heteroatoms. The predicted octanol–water partition coefficient (Wildman–Crippen LogP) is 0.0715. The Hall–Kier alpha value is -0.810. The number of carbonyl (C=O) groups excluding carboxylic acids is 1. The van der Waals surface area contributed by atoms with E-state index in [0.717, 1.165) is 6.16 Å². The number of hydrogen-bond donors (Lipinski definition) is 3. The number of rotatable bonds is 4. The van der Waals surface area contributed by atoms with E-state index in [2.05, 4.69) is 31.5 Å². The summed E-state index contributed by atoms with van der Waals surface area (Å²) in [5.41, 5.74) is 0. The van der Waals surface area contributed by atoms with E-state index in [-0.39, 0.29) is 11.8 Å². The van der Waals surface area contributed by atoms with E-state index in [4.69, 9.17) is 4.74 Å². The van der Waals surface area contributed by atoms with E-state index >= 15 is 0 Å². The van der Waals surface area contributed by atoms with Gasteiger partial charge in [-0.05, 0) is 25.9 Å². The molecule has 0 aliphatic carbocycles. The van der Waals surface area contributed by atoms with E-state index in [1.165, 1.54) is 0 Å². The first-order valence-electron chi connectivity index (χ1n) is 7.55. The van der Waals surface area contributed by atoms with Crippen LogP contribution in [-0.2, 0) is 9.53 Å². The Morgan fingerprint density at radius 2 is 2.05 bits per heavy atom. The van der Waals surface area contributed by atoms with Crippen LogP contribution in [0, 0.1) is 5.92 Å². The van der Waals surface area contributed by atoms with Gasteiger partial charge < -0.3 is 25.2 Å². The average molecular weight is 330 g/mol. The molecule has 0 radical (unpaired) electrons. The summed E-state index contributed by atoms with van der Waals surface area (Å²) < 4.78 is 5.88. The second-order valence-corrected chi connectivity index (χ2v) is 11.3. The molecule has 0 aromatic carbocycles. The topological polar surface area (TPSA) is 82.0 Å². The normalized spacial score (nSPS) is 36.6. The fourth-order valence-corrected chi connectivity index (χ4v) is 3.74. The van der Waals surface area contributed by atoms with Crippen molar-refractivity contribution in [3.8, 4) is 0 Å². The van der Waals surface area contributed by atoms with Gasteiger partial charge in [-0.2, -0.15) is 0 Å². The number of nitrogens with one attached hydrogen (secondary N) is 1. The Kier molecular flexibility index (Phi) is 5.07. The minimum atomic E-state index is -1.21. The molecule has 0 aromatic rings. The zero-order chi connectivity index (χ0) is 16.7. The lowest BCUT2D eigenvalue weighted by atomic mass is 10.1. The Bertz CT molecular complexity index is 504. The van der Waals surface area contributed by atoms with Crippen molar-refractivity contribution in [1.82, 2.24) is 10.2 Å². The highest BCUT2D eigenvalue weighted by Crippen LogP contribution is 2.38. The standard InChI is InChI=1S/C15H27N2O4P/c1-9-8-17(10(2)16-14(9)20)15-13(19)12(18)11(21-15)6-7-22(3,4)5/h9,11-13,15,18-19H,2-3,6-8H2,1,4-5H3,(H,16,20)/t9?,11?,12-,13-,15?/m1/s1. The van der Waals surface area contributed by atoms with Gasteiger partial charge in [-0.15, -0.1) is 13.2 Å². The van der Waals surface area contributed by atoms with Gasteiger partial charge in [0.15, 0.2) is 6.23 Å². The maximum absolute atomic E-state index is 11.6. The lowest BCUT2D eigenvalue weighted by Crippen LogP contribution is -2.54. The molecule has 22 heavy (non-hydrogen) atoms. The fourth-order valence-electron chi connectivity index (χ4n) is 2.78. The number of aliphatic hydroxyl groups excluding tert-OH is 2. The molecular formula is C15H27N2O4P. The second-order valence-electron chi connectivity index (χ2n) is 6.98. The molecule has 2 fully saturated rings. The molecule has 0 spiro atoms. The van der Waals surface area contributed by atoms with Gasteiger partial charge in [0.05, 0.1) is 12.0 Å². The molecule has 2 saturated heterocycles. The molecule has 0 bridgehead atoms. The van der Waals surface area contributed by atoms with Gasteiger partial charge in [0.25, 0.3) is 0 Å². The molecule has 126 valence electrons. The second kappa shape index (κ2) is 6.36. The molecule has 2 aliphatic heterocycles. The van der Waals surface area contributed by atoms with Crippen molar-refractivity contribution in [2.45, 2.75) is 37.9 Å². The van der Waals surface area contributed by atoms with Crippen LogP contribution in [0.1, 0.15) is 13.3 Å². The van der Waals surface area contributed by atoms with Crippen molar-refractivity contribution >= 4 is 19.1 Å². The summed E-state index contributed by atoms with van der Waals surface area (Å²) in [7, 11) is 0. The van der Waals surface area contributed by atoms with E-state index in [0.29, 0.717) is 18.8 Å². The summed E-state index contributed by atoms with van der Waals surface area (Å²) in [6, 6.07) is 0. The van der Waals surface area contributed by atoms with E-state index in [1.807, 2.05) is 0 Å². The minimum Gasteiger partial charge on any atom is -0.388 e. The molecule has 3 unspecified atom stereocenters. The Labute approximate surface area is 132 Å². The minimum absolute atomic E-state index is 0.0885. The van der Waals surface area contributed by atoms with Gasteiger partial charge in [-0.25, -0.2) is 0 Å². The van der Waals surface area contributed by atoms with Crippen LogP contribution in [0.5, 0.6) is 0 Å². The third-order valence-corrected chi connectivity index (χ3v) is 5.66. The molecular weight excluding hydrogens is 303 g/mol. The number of amides is 1. The molecule has 2 heterocycles. The zero-order valence-electron chi connectivity index (χ0n) is 13.5.